The van der Waals surface area contributed by atoms with Crippen LogP contribution in [0.3, 0.4) is 0 Å². The molecule has 0 spiro atoms. The van der Waals surface area contributed by atoms with E-state index in [1.807, 2.05) is 0 Å². The molecule has 0 saturated carbocycles. The highest BCUT2D eigenvalue weighted by molar-refractivity contribution is 5.69. The Morgan fingerprint density at radius 3 is 1.29 bits per heavy atom. The Morgan fingerprint density at radius 1 is 0.643 bits per heavy atom. The van der Waals surface area contributed by atoms with Crippen molar-refractivity contribution < 1.29 is 9.53 Å². The quantitative estimate of drug-likeness (QED) is 0.117. The van der Waals surface area contributed by atoms with Crippen LogP contribution >= 0.6 is 0 Å². The largest absolute Gasteiger partial charge is 0.435 e. The first-order valence-corrected chi connectivity index (χ1v) is 12.3. The molecule has 166 valence electrons. The lowest BCUT2D eigenvalue weighted by atomic mass is 9.89. The van der Waals surface area contributed by atoms with E-state index < -0.39 is 0 Å². The predicted octanol–water partition coefficient (Wildman–Crippen LogP) is 9.13. The van der Waals surface area contributed by atoms with Crippen molar-refractivity contribution in [2.24, 2.45) is 5.41 Å². The van der Waals surface area contributed by atoms with Crippen molar-refractivity contribution in [3.05, 3.63) is 12.8 Å². The maximum absolute atomic E-state index is 11.2. The molecule has 0 amide bonds. The van der Waals surface area contributed by atoms with Crippen molar-refractivity contribution >= 4 is 5.97 Å². The van der Waals surface area contributed by atoms with E-state index >= 15 is 0 Å². The van der Waals surface area contributed by atoms with Gasteiger partial charge in [-0.1, -0.05) is 130 Å². The van der Waals surface area contributed by atoms with Gasteiger partial charge in [0.15, 0.2) is 0 Å². The molecule has 0 bridgehead atoms. The lowest BCUT2D eigenvalue weighted by Crippen LogP contribution is -2.03. The van der Waals surface area contributed by atoms with Crippen LogP contribution in [0, 0.1) is 5.41 Å². The van der Waals surface area contributed by atoms with Gasteiger partial charge in [-0.15, -0.1) is 0 Å². The third-order valence-corrected chi connectivity index (χ3v) is 5.52. The first-order valence-electron chi connectivity index (χ1n) is 12.3. The molecule has 0 heterocycles. The number of ether oxygens (including phenoxy) is 1. The van der Waals surface area contributed by atoms with E-state index in [-0.39, 0.29) is 5.97 Å². The highest BCUT2D eigenvalue weighted by atomic mass is 16.5. The minimum atomic E-state index is -0.147. The SMILES string of the molecule is C=COC(=O)CCCCCCCCCCCCCCCCCCCC(C)(C)C. The summed E-state index contributed by atoms with van der Waals surface area (Å²) in [6.45, 7) is 10.4. The minimum Gasteiger partial charge on any atom is -0.435 e. The average molecular weight is 395 g/mol. The number of hydrogen-bond donors (Lipinski definition) is 0. The van der Waals surface area contributed by atoms with Gasteiger partial charge in [0.05, 0.1) is 6.26 Å². The van der Waals surface area contributed by atoms with Crippen LogP contribution in [0.2, 0.25) is 0 Å². The van der Waals surface area contributed by atoms with E-state index in [0.29, 0.717) is 11.8 Å². The molecule has 0 saturated heterocycles. The number of unbranched alkanes of at least 4 members (excludes halogenated alkanes) is 16. The van der Waals surface area contributed by atoms with E-state index in [1.54, 1.807) is 0 Å². The number of rotatable bonds is 20. The number of carbonyl (C=O) groups is 1. The zero-order valence-electron chi connectivity index (χ0n) is 19.5. The maximum atomic E-state index is 11.2. The summed E-state index contributed by atoms with van der Waals surface area (Å²) < 4.78 is 4.71. The fourth-order valence-corrected chi connectivity index (χ4v) is 3.73. The zero-order chi connectivity index (χ0) is 20.9. The summed E-state index contributed by atoms with van der Waals surface area (Å²) in [4.78, 5) is 11.2. The lowest BCUT2D eigenvalue weighted by molar-refractivity contribution is -0.138. The monoisotopic (exact) mass is 394 g/mol. The Hall–Kier alpha value is -0.790. The first kappa shape index (κ1) is 27.2. The van der Waals surface area contributed by atoms with Gasteiger partial charge in [-0.3, -0.25) is 4.79 Å². The summed E-state index contributed by atoms with van der Waals surface area (Å²) in [5.74, 6) is -0.147. The van der Waals surface area contributed by atoms with Crippen LogP contribution in [0.4, 0.5) is 0 Å². The molecule has 2 heteroatoms. The van der Waals surface area contributed by atoms with Gasteiger partial charge in [-0.2, -0.15) is 0 Å². The van der Waals surface area contributed by atoms with Gasteiger partial charge in [0, 0.05) is 6.42 Å². The summed E-state index contributed by atoms with van der Waals surface area (Å²) >= 11 is 0. The highest BCUT2D eigenvalue weighted by Gasteiger charge is 2.08. The highest BCUT2D eigenvalue weighted by Crippen LogP contribution is 2.22. The molecule has 0 aromatic heterocycles. The van der Waals surface area contributed by atoms with Crippen LogP contribution < -0.4 is 0 Å². The van der Waals surface area contributed by atoms with Crippen LogP contribution in [0.25, 0.3) is 0 Å². The van der Waals surface area contributed by atoms with Crippen molar-refractivity contribution in [2.45, 2.75) is 143 Å². The molecule has 0 unspecified atom stereocenters. The minimum absolute atomic E-state index is 0.147. The van der Waals surface area contributed by atoms with E-state index in [2.05, 4.69) is 27.4 Å². The second-order valence-electron chi connectivity index (χ2n) is 9.73. The first-order chi connectivity index (χ1) is 13.5. The van der Waals surface area contributed by atoms with Crippen LogP contribution in [0.5, 0.6) is 0 Å². The number of esters is 1. The van der Waals surface area contributed by atoms with Gasteiger partial charge in [-0.05, 0) is 18.3 Å². The van der Waals surface area contributed by atoms with Crippen molar-refractivity contribution in [1.29, 1.82) is 0 Å². The van der Waals surface area contributed by atoms with Gasteiger partial charge in [0.2, 0.25) is 0 Å². The van der Waals surface area contributed by atoms with Gasteiger partial charge in [0.25, 0.3) is 0 Å². The van der Waals surface area contributed by atoms with Gasteiger partial charge < -0.3 is 4.74 Å². The Balaban J connectivity index is 3.09. The number of carbonyl (C=O) groups excluding carboxylic acids is 1. The second kappa shape index (κ2) is 19.5. The summed E-state index contributed by atoms with van der Waals surface area (Å²) in [5, 5.41) is 0. The lowest BCUT2D eigenvalue weighted by Gasteiger charge is -2.17. The van der Waals surface area contributed by atoms with Gasteiger partial charge >= 0.3 is 5.97 Å². The van der Waals surface area contributed by atoms with Crippen molar-refractivity contribution in [1.82, 2.24) is 0 Å². The summed E-state index contributed by atoms with van der Waals surface area (Å²) in [5.41, 5.74) is 0.517. The summed E-state index contributed by atoms with van der Waals surface area (Å²) in [7, 11) is 0. The van der Waals surface area contributed by atoms with E-state index in [9.17, 15) is 4.79 Å². The smallest absolute Gasteiger partial charge is 0.310 e. The molecular weight excluding hydrogens is 344 g/mol. The molecule has 0 atom stereocenters. The Labute approximate surface area is 176 Å². The summed E-state index contributed by atoms with van der Waals surface area (Å²) in [6.07, 6.45) is 26.2. The molecule has 0 radical (unpaired) electrons. The average Bonchev–Trinajstić information content (AvgIpc) is 2.63. The van der Waals surface area contributed by atoms with Crippen molar-refractivity contribution in [3.8, 4) is 0 Å². The molecule has 2 nitrogen and oxygen atoms in total. The topological polar surface area (TPSA) is 26.3 Å². The molecule has 0 aromatic carbocycles. The third-order valence-electron chi connectivity index (χ3n) is 5.52. The third kappa shape index (κ3) is 23.2. The Kier molecular flexibility index (Phi) is 19.0. The zero-order valence-corrected chi connectivity index (χ0v) is 19.5. The Morgan fingerprint density at radius 2 is 0.964 bits per heavy atom. The van der Waals surface area contributed by atoms with E-state index in [1.165, 1.54) is 109 Å². The number of hydrogen-bond acceptors (Lipinski definition) is 2. The normalized spacial score (nSPS) is 11.5. The molecular formula is C26H50O2. The van der Waals surface area contributed by atoms with Crippen molar-refractivity contribution in [2.75, 3.05) is 0 Å². The molecule has 28 heavy (non-hydrogen) atoms. The molecule has 0 aliphatic heterocycles. The maximum Gasteiger partial charge on any atom is 0.310 e. The van der Waals surface area contributed by atoms with Crippen LogP contribution in [-0.4, -0.2) is 5.97 Å². The second-order valence-corrected chi connectivity index (χ2v) is 9.73. The molecule has 0 N–H and O–H groups in total. The molecule has 0 rings (SSSR count). The Bertz CT molecular complexity index is 354. The fraction of sp³-hybridized carbons (Fsp3) is 0.885. The molecule has 0 fully saturated rings. The van der Waals surface area contributed by atoms with Crippen LogP contribution in [0.15, 0.2) is 12.8 Å². The predicted molar refractivity (Wildman–Crippen MR) is 123 cm³/mol. The van der Waals surface area contributed by atoms with Gasteiger partial charge in [0.1, 0.15) is 0 Å². The molecule has 0 aromatic rings. The van der Waals surface area contributed by atoms with E-state index in [0.717, 1.165) is 12.8 Å². The fourth-order valence-electron chi connectivity index (χ4n) is 3.73. The molecule has 0 aliphatic rings. The van der Waals surface area contributed by atoms with Crippen molar-refractivity contribution in [3.63, 3.8) is 0 Å². The van der Waals surface area contributed by atoms with Crippen LogP contribution in [-0.2, 0) is 9.53 Å². The van der Waals surface area contributed by atoms with Crippen LogP contribution in [0.1, 0.15) is 143 Å². The summed E-state index contributed by atoms with van der Waals surface area (Å²) in [6, 6.07) is 0. The van der Waals surface area contributed by atoms with E-state index in [4.69, 9.17) is 4.74 Å². The van der Waals surface area contributed by atoms with Gasteiger partial charge in [-0.25, -0.2) is 0 Å². The standard InChI is InChI=1S/C26H50O2/c1-5-28-25(27)23-21-19-17-15-13-11-9-7-6-8-10-12-14-16-18-20-22-24-26(2,3)4/h5H,1,6-24H2,2-4H3. The molecule has 0 aliphatic carbocycles.